The number of anilines is 2. The van der Waals surface area contributed by atoms with Crippen molar-refractivity contribution in [2.24, 2.45) is 0 Å². The summed E-state index contributed by atoms with van der Waals surface area (Å²) in [5, 5.41) is 6.07. The SMILES string of the molecule is CCN(CC)CCCNc1nc(NC)nc(OC)n1. The van der Waals surface area contributed by atoms with Gasteiger partial charge in [0.2, 0.25) is 11.9 Å². The summed E-state index contributed by atoms with van der Waals surface area (Å²) in [4.78, 5) is 14.8. The van der Waals surface area contributed by atoms with E-state index in [1.165, 1.54) is 0 Å². The van der Waals surface area contributed by atoms with Gasteiger partial charge in [-0.2, -0.15) is 15.0 Å². The van der Waals surface area contributed by atoms with Crippen LogP contribution in [0.4, 0.5) is 11.9 Å². The molecule has 0 fully saturated rings. The molecule has 0 aliphatic heterocycles. The highest BCUT2D eigenvalue weighted by atomic mass is 16.5. The molecule has 0 aromatic carbocycles. The van der Waals surface area contributed by atoms with Crippen molar-refractivity contribution in [1.82, 2.24) is 19.9 Å². The fourth-order valence-corrected chi connectivity index (χ4v) is 1.68. The van der Waals surface area contributed by atoms with Crippen LogP contribution in [0.1, 0.15) is 20.3 Å². The Labute approximate surface area is 114 Å². The number of aromatic nitrogens is 3. The molecule has 1 heterocycles. The Bertz CT molecular complexity index is 347. The Morgan fingerprint density at radius 1 is 1.11 bits per heavy atom. The van der Waals surface area contributed by atoms with Crippen LogP contribution < -0.4 is 15.4 Å². The van der Waals surface area contributed by atoms with Gasteiger partial charge in [-0.15, -0.1) is 0 Å². The lowest BCUT2D eigenvalue weighted by atomic mass is 10.3. The molecule has 0 saturated carbocycles. The highest BCUT2D eigenvalue weighted by molar-refractivity contribution is 5.35. The number of rotatable bonds is 9. The van der Waals surface area contributed by atoms with E-state index in [0.29, 0.717) is 17.9 Å². The normalized spacial score (nSPS) is 10.6. The molecule has 1 rings (SSSR count). The lowest BCUT2D eigenvalue weighted by Crippen LogP contribution is -2.25. The Balaban J connectivity index is 2.44. The van der Waals surface area contributed by atoms with Crippen molar-refractivity contribution in [3.8, 4) is 6.01 Å². The molecule has 1 aromatic rings. The zero-order valence-corrected chi connectivity index (χ0v) is 12.2. The standard InChI is InChI=1S/C12H24N6O/c1-5-18(6-2)9-7-8-14-11-15-10(13-3)16-12(17-11)19-4/h5-9H2,1-4H3,(H2,13,14,15,16,17). The minimum Gasteiger partial charge on any atom is -0.467 e. The van der Waals surface area contributed by atoms with E-state index in [9.17, 15) is 0 Å². The molecular formula is C12H24N6O. The summed E-state index contributed by atoms with van der Waals surface area (Å²) in [5.41, 5.74) is 0. The molecule has 0 amide bonds. The second-order valence-electron chi connectivity index (χ2n) is 4.03. The third-order valence-electron chi connectivity index (χ3n) is 2.85. The molecule has 2 N–H and O–H groups in total. The summed E-state index contributed by atoms with van der Waals surface area (Å²) in [7, 11) is 3.30. The largest absolute Gasteiger partial charge is 0.467 e. The van der Waals surface area contributed by atoms with E-state index in [1.807, 2.05) is 0 Å². The molecule has 7 heteroatoms. The average molecular weight is 268 g/mol. The van der Waals surface area contributed by atoms with Gasteiger partial charge in [0.15, 0.2) is 0 Å². The minimum absolute atomic E-state index is 0.311. The van der Waals surface area contributed by atoms with E-state index in [-0.39, 0.29) is 0 Å². The number of hydrogen-bond donors (Lipinski definition) is 2. The van der Waals surface area contributed by atoms with E-state index in [0.717, 1.165) is 32.6 Å². The van der Waals surface area contributed by atoms with Crippen molar-refractivity contribution in [2.45, 2.75) is 20.3 Å². The molecule has 0 spiro atoms. The molecule has 0 atom stereocenters. The number of hydrogen-bond acceptors (Lipinski definition) is 7. The Morgan fingerprint density at radius 2 is 1.79 bits per heavy atom. The van der Waals surface area contributed by atoms with Crippen molar-refractivity contribution in [2.75, 3.05) is 51.0 Å². The third kappa shape index (κ3) is 5.25. The molecule has 0 saturated heterocycles. The van der Waals surface area contributed by atoms with Gasteiger partial charge in [0.05, 0.1) is 7.11 Å². The first-order valence-electron chi connectivity index (χ1n) is 6.67. The van der Waals surface area contributed by atoms with E-state index >= 15 is 0 Å². The van der Waals surface area contributed by atoms with Crippen LogP contribution in [0.5, 0.6) is 6.01 Å². The third-order valence-corrected chi connectivity index (χ3v) is 2.85. The van der Waals surface area contributed by atoms with Crippen LogP contribution in [0, 0.1) is 0 Å². The van der Waals surface area contributed by atoms with Gasteiger partial charge in [0.25, 0.3) is 0 Å². The smallest absolute Gasteiger partial charge is 0.322 e. The first-order chi connectivity index (χ1) is 9.23. The van der Waals surface area contributed by atoms with Gasteiger partial charge in [0.1, 0.15) is 0 Å². The predicted octanol–water partition coefficient (Wildman–Crippen LogP) is 1.07. The quantitative estimate of drug-likeness (QED) is 0.649. The monoisotopic (exact) mass is 268 g/mol. The maximum atomic E-state index is 5.03. The number of methoxy groups -OCH3 is 1. The maximum absolute atomic E-state index is 5.03. The van der Waals surface area contributed by atoms with Gasteiger partial charge in [-0.3, -0.25) is 0 Å². The molecule has 7 nitrogen and oxygen atoms in total. The molecular weight excluding hydrogens is 244 g/mol. The lowest BCUT2D eigenvalue weighted by molar-refractivity contribution is 0.303. The van der Waals surface area contributed by atoms with E-state index in [2.05, 4.69) is 44.3 Å². The van der Waals surface area contributed by atoms with Crippen molar-refractivity contribution in [1.29, 1.82) is 0 Å². The van der Waals surface area contributed by atoms with E-state index in [4.69, 9.17) is 4.74 Å². The zero-order valence-electron chi connectivity index (χ0n) is 12.2. The van der Waals surface area contributed by atoms with Gasteiger partial charge >= 0.3 is 6.01 Å². The molecule has 0 aliphatic carbocycles. The maximum Gasteiger partial charge on any atom is 0.322 e. The zero-order chi connectivity index (χ0) is 14.1. The van der Waals surface area contributed by atoms with Gasteiger partial charge in [-0.1, -0.05) is 13.8 Å². The van der Waals surface area contributed by atoms with Crippen LogP contribution in [0.15, 0.2) is 0 Å². The number of nitrogens with zero attached hydrogens (tertiary/aromatic N) is 4. The molecule has 0 unspecified atom stereocenters. The molecule has 1 aromatic heterocycles. The first kappa shape index (κ1) is 15.4. The van der Waals surface area contributed by atoms with Crippen LogP contribution in [0.2, 0.25) is 0 Å². The molecule has 19 heavy (non-hydrogen) atoms. The Kier molecular flexibility index (Phi) is 6.88. The summed E-state index contributed by atoms with van der Waals surface area (Å²) >= 11 is 0. The van der Waals surface area contributed by atoms with Gasteiger partial charge in [0, 0.05) is 13.6 Å². The van der Waals surface area contributed by atoms with Crippen LogP contribution in [-0.2, 0) is 0 Å². The fraction of sp³-hybridized carbons (Fsp3) is 0.750. The summed E-state index contributed by atoms with van der Waals surface area (Å²) in [5.74, 6) is 1.04. The van der Waals surface area contributed by atoms with Crippen molar-refractivity contribution in [3.63, 3.8) is 0 Å². The molecule has 0 radical (unpaired) electrons. The van der Waals surface area contributed by atoms with Crippen LogP contribution >= 0.6 is 0 Å². The van der Waals surface area contributed by atoms with Crippen LogP contribution in [0.3, 0.4) is 0 Å². The van der Waals surface area contributed by atoms with Crippen molar-refractivity contribution in [3.05, 3.63) is 0 Å². The lowest BCUT2D eigenvalue weighted by Gasteiger charge is -2.17. The molecule has 0 bridgehead atoms. The molecule has 0 aliphatic rings. The van der Waals surface area contributed by atoms with E-state index in [1.54, 1.807) is 14.2 Å². The van der Waals surface area contributed by atoms with Crippen LogP contribution in [-0.4, -0.2) is 60.2 Å². The van der Waals surface area contributed by atoms with Gasteiger partial charge < -0.3 is 20.3 Å². The van der Waals surface area contributed by atoms with E-state index < -0.39 is 0 Å². The molecule has 108 valence electrons. The summed E-state index contributed by atoms with van der Waals surface area (Å²) in [6.07, 6.45) is 1.05. The highest BCUT2D eigenvalue weighted by Crippen LogP contribution is 2.09. The van der Waals surface area contributed by atoms with Gasteiger partial charge in [-0.25, -0.2) is 0 Å². The Hall–Kier alpha value is -1.63. The van der Waals surface area contributed by atoms with Crippen LogP contribution in [0.25, 0.3) is 0 Å². The fourth-order valence-electron chi connectivity index (χ4n) is 1.68. The summed E-state index contributed by atoms with van der Waals surface area (Å²) in [6.45, 7) is 8.41. The van der Waals surface area contributed by atoms with Crippen molar-refractivity contribution >= 4 is 11.9 Å². The summed E-state index contributed by atoms with van der Waals surface area (Å²) < 4.78 is 5.03. The first-order valence-corrected chi connectivity index (χ1v) is 6.67. The second kappa shape index (κ2) is 8.47. The summed E-state index contributed by atoms with van der Waals surface area (Å²) in [6, 6.07) is 0.311. The minimum atomic E-state index is 0.311. The highest BCUT2D eigenvalue weighted by Gasteiger charge is 2.05. The Morgan fingerprint density at radius 3 is 2.37 bits per heavy atom. The second-order valence-corrected chi connectivity index (χ2v) is 4.03. The number of nitrogens with one attached hydrogen (secondary N) is 2. The van der Waals surface area contributed by atoms with Crippen molar-refractivity contribution < 1.29 is 4.74 Å². The predicted molar refractivity (Wildman–Crippen MR) is 76.8 cm³/mol. The average Bonchev–Trinajstić information content (AvgIpc) is 2.47. The van der Waals surface area contributed by atoms with Gasteiger partial charge in [-0.05, 0) is 26.1 Å². The topological polar surface area (TPSA) is 75.2 Å². The number of ether oxygens (including phenoxy) is 1.